The number of aromatic nitrogens is 1. The molecule has 0 aliphatic rings. The molecule has 0 spiro atoms. The Labute approximate surface area is 159 Å². The van der Waals surface area contributed by atoms with Crippen LogP contribution < -0.4 is 16.0 Å². The van der Waals surface area contributed by atoms with Crippen molar-refractivity contribution in [3.63, 3.8) is 0 Å². The second-order valence-electron chi connectivity index (χ2n) is 5.05. The fraction of sp³-hybridized carbons (Fsp3) is 0.294. The molecule has 1 heterocycles. The van der Waals surface area contributed by atoms with E-state index in [0.29, 0.717) is 12.1 Å². The van der Waals surface area contributed by atoms with E-state index < -0.39 is 0 Å². The Morgan fingerprint density at radius 1 is 1.17 bits per heavy atom. The van der Waals surface area contributed by atoms with Crippen molar-refractivity contribution in [1.29, 1.82) is 0 Å². The van der Waals surface area contributed by atoms with Crippen LogP contribution in [-0.4, -0.2) is 37.1 Å². The van der Waals surface area contributed by atoms with E-state index >= 15 is 0 Å². The summed E-state index contributed by atoms with van der Waals surface area (Å²) in [5, 5.41) is 9.14. The molecule has 1 aromatic carbocycles. The summed E-state index contributed by atoms with van der Waals surface area (Å²) in [6.07, 6.45) is 4.06. The van der Waals surface area contributed by atoms with Crippen molar-refractivity contribution >= 4 is 35.8 Å². The molecule has 6 nitrogen and oxygen atoms in total. The third kappa shape index (κ3) is 6.23. The maximum Gasteiger partial charge on any atom is 0.251 e. The zero-order valence-electron chi connectivity index (χ0n) is 14.0. The molecule has 0 bridgehead atoms. The van der Waals surface area contributed by atoms with Gasteiger partial charge in [-0.3, -0.25) is 9.79 Å². The van der Waals surface area contributed by atoms with E-state index in [1.54, 1.807) is 20.2 Å². The van der Waals surface area contributed by atoms with Crippen molar-refractivity contribution in [2.24, 2.45) is 4.99 Å². The van der Waals surface area contributed by atoms with Crippen molar-refractivity contribution in [3.05, 3.63) is 59.9 Å². The number of hydrogen-bond donors (Lipinski definition) is 3. The van der Waals surface area contributed by atoms with E-state index in [1.807, 2.05) is 42.7 Å². The van der Waals surface area contributed by atoms with Crippen LogP contribution in [0.2, 0.25) is 0 Å². The van der Waals surface area contributed by atoms with Gasteiger partial charge in [-0.1, -0.05) is 12.1 Å². The number of guanidine groups is 1. The Balaban J connectivity index is 0.00000288. The molecule has 7 heteroatoms. The number of nitrogens with one attached hydrogen (secondary N) is 3. The van der Waals surface area contributed by atoms with Gasteiger partial charge in [-0.2, -0.15) is 0 Å². The van der Waals surface area contributed by atoms with Gasteiger partial charge in [0.25, 0.3) is 5.91 Å². The lowest BCUT2D eigenvalue weighted by molar-refractivity contribution is 0.0963. The monoisotopic (exact) mass is 441 g/mol. The fourth-order valence-corrected chi connectivity index (χ4v) is 2.20. The zero-order valence-corrected chi connectivity index (χ0v) is 16.3. The fourth-order valence-electron chi connectivity index (χ4n) is 2.20. The number of aliphatic imine (C=N–C) groups is 1. The van der Waals surface area contributed by atoms with Crippen molar-refractivity contribution < 1.29 is 4.79 Å². The number of rotatable bonds is 6. The van der Waals surface area contributed by atoms with Crippen LogP contribution in [0.15, 0.2) is 53.8 Å². The minimum atomic E-state index is -0.0823. The summed E-state index contributed by atoms with van der Waals surface area (Å²) in [5.74, 6) is 0.656. The minimum Gasteiger partial charge on any atom is -0.355 e. The second kappa shape index (κ2) is 10.7. The van der Waals surface area contributed by atoms with Gasteiger partial charge in [-0.05, 0) is 29.8 Å². The van der Waals surface area contributed by atoms with Crippen molar-refractivity contribution in [1.82, 2.24) is 20.5 Å². The largest absolute Gasteiger partial charge is 0.355 e. The highest BCUT2D eigenvalue weighted by Gasteiger charge is 2.04. The first-order valence-corrected chi connectivity index (χ1v) is 7.59. The summed E-state index contributed by atoms with van der Waals surface area (Å²) in [6.45, 7) is 2.26. The summed E-state index contributed by atoms with van der Waals surface area (Å²) in [4.78, 5) is 15.8. The van der Waals surface area contributed by atoms with Gasteiger partial charge in [0, 0.05) is 51.7 Å². The second-order valence-corrected chi connectivity index (χ2v) is 5.05. The van der Waals surface area contributed by atoms with Gasteiger partial charge in [-0.25, -0.2) is 0 Å². The SMILES string of the molecule is CN=C(NCCn1cccc1)NCc1cccc(C(=O)NC)c1.I. The van der Waals surface area contributed by atoms with Crippen LogP contribution in [0.1, 0.15) is 15.9 Å². The summed E-state index contributed by atoms with van der Waals surface area (Å²) in [7, 11) is 3.37. The third-order valence-corrected chi connectivity index (χ3v) is 3.43. The summed E-state index contributed by atoms with van der Waals surface area (Å²) in [5.41, 5.74) is 1.68. The predicted octanol–water partition coefficient (Wildman–Crippen LogP) is 1.83. The first kappa shape index (κ1) is 20.0. The molecule has 0 saturated heterocycles. The predicted molar refractivity (Wildman–Crippen MR) is 108 cm³/mol. The molecule has 1 amide bonds. The lowest BCUT2D eigenvalue weighted by Crippen LogP contribution is -2.38. The van der Waals surface area contributed by atoms with E-state index in [-0.39, 0.29) is 29.9 Å². The number of benzene rings is 1. The van der Waals surface area contributed by atoms with Crippen LogP contribution in [0, 0.1) is 0 Å². The Kier molecular flexibility index (Phi) is 8.92. The van der Waals surface area contributed by atoms with E-state index in [9.17, 15) is 4.79 Å². The Morgan fingerprint density at radius 2 is 1.92 bits per heavy atom. The van der Waals surface area contributed by atoms with Gasteiger partial charge in [0.15, 0.2) is 5.96 Å². The zero-order chi connectivity index (χ0) is 16.5. The normalized spacial score (nSPS) is 10.7. The van der Waals surface area contributed by atoms with E-state index in [0.717, 1.165) is 24.6 Å². The molecule has 3 N–H and O–H groups in total. The van der Waals surface area contributed by atoms with Crippen LogP contribution in [0.3, 0.4) is 0 Å². The van der Waals surface area contributed by atoms with Crippen LogP contribution in [0.4, 0.5) is 0 Å². The molecule has 2 rings (SSSR count). The Bertz CT molecular complexity index is 655. The molecular formula is C17H24IN5O. The molecule has 0 aliphatic heterocycles. The lowest BCUT2D eigenvalue weighted by atomic mass is 10.1. The Morgan fingerprint density at radius 3 is 2.58 bits per heavy atom. The topological polar surface area (TPSA) is 70.5 Å². The van der Waals surface area contributed by atoms with Gasteiger partial charge in [-0.15, -0.1) is 24.0 Å². The van der Waals surface area contributed by atoms with Crippen LogP contribution in [0.5, 0.6) is 0 Å². The average molecular weight is 441 g/mol. The third-order valence-electron chi connectivity index (χ3n) is 3.43. The van der Waals surface area contributed by atoms with Crippen LogP contribution in [0.25, 0.3) is 0 Å². The number of halogens is 1. The smallest absolute Gasteiger partial charge is 0.251 e. The van der Waals surface area contributed by atoms with E-state index in [4.69, 9.17) is 0 Å². The van der Waals surface area contributed by atoms with Crippen LogP contribution in [-0.2, 0) is 13.1 Å². The van der Waals surface area contributed by atoms with Crippen LogP contribution >= 0.6 is 24.0 Å². The summed E-state index contributed by atoms with van der Waals surface area (Å²) < 4.78 is 2.10. The highest BCUT2D eigenvalue weighted by atomic mass is 127. The summed E-state index contributed by atoms with van der Waals surface area (Å²) in [6, 6.07) is 11.5. The van der Waals surface area contributed by atoms with E-state index in [1.165, 1.54) is 0 Å². The standard InChI is InChI=1S/C17H23N5O.HI/c1-18-16(23)15-7-5-6-14(12-15)13-21-17(19-2)20-8-11-22-9-3-4-10-22;/h3-7,9-10,12H,8,11,13H2,1-2H3,(H,18,23)(H2,19,20,21);1H. The van der Waals surface area contributed by atoms with Crippen molar-refractivity contribution in [2.75, 3.05) is 20.6 Å². The first-order valence-electron chi connectivity index (χ1n) is 7.59. The van der Waals surface area contributed by atoms with Gasteiger partial charge in [0.1, 0.15) is 0 Å². The molecule has 0 aliphatic carbocycles. The molecular weight excluding hydrogens is 417 g/mol. The quantitative estimate of drug-likeness (QED) is 0.364. The van der Waals surface area contributed by atoms with Gasteiger partial charge in [0.2, 0.25) is 0 Å². The molecule has 0 radical (unpaired) electrons. The van der Waals surface area contributed by atoms with Gasteiger partial charge < -0.3 is 20.5 Å². The molecule has 0 fully saturated rings. The van der Waals surface area contributed by atoms with E-state index in [2.05, 4.69) is 25.5 Å². The molecule has 0 unspecified atom stereocenters. The molecule has 1 aromatic heterocycles. The van der Waals surface area contributed by atoms with Crippen molar-refractivity contribution in [3.8, 4) is 0 Å². The molecule has 130 valence electrons. The maximum absolute atomic E-state index is 11.6. The molecule has 0 atom stereocenters. The lowest BCUT2D eigenvalue weighted by Gasteiger charge is -2.12. The molecule has 0 saturated carbocycles. The minimum absolute atomic E-state index is 0. The number of nitrogens with zero attached hydrogens (tertiary/aromatic N) is 2. The van der Waals surface area contributed by atoms with Gasteiger partial charge >= 0.3 is 0 Å². The number of amides is 1. The highest BCUT2D eigenvalue weighted by molar-refractivity contribution is 14.0. The first-order chi connectivity index (χ1) is 11.2. The number of hydrogen-bond acceptors (Lipinski definition) is 2. The number of carbonyl (C=O) groups is 1. The van der Waals surface area contributed by atoms with Crippen molar-refractivity contribution in [2.45, 2.75) is 13.1 Å². The maximum atomic E-state index is 11.6. The van der Waals surface area contributed by atoms with Gasteiger partial charge in [0.05, 0.1) is 0 Å². The molecule has 24 heavy (non-hydrogen) atoms. The highest BCUT2D eigenvalue weighted by Crippen LogP contribution is 2.05. The Hall–Kier alpha value is -2.03. The number of carbonyl (C=O) groups excluding carboxylic acids is 1. The molecule has 2 aromatic rings. The average Bonchev–Trinajstić information content (AvgIpc) is 3.10. The summed E-state index contributed by atoms with van der Waals surface area (Å²) >= 11 is 0.